The second kappa shape index (κ2) is 6.81. The van der Waals surface area contributed by atoms with Crippen molar-refractivity contribution in [3.05, 3.63) is 81.7 Å². The second-order valence-corrected chi connectivity index (χ2v) is 7.26. The molecule has 0 radical (unpaired) electrons. The minimum atomic E-state index is -0.235. The quantitative estimate of drug-likeness (QED) is 0.583. The van der Waals surface area contributed by atoms with Crippen molar-refractivity contribution in [2.45, 2.75) is 6.92 Å². The van der Waals surface area contributed by atoms with Crippen molar-refractivity contribution in [3.8, 4) is 11.1 Å². The van der Waals surface area contributed by atoms with Gasteiger partial charge in [-0.1, -0.05) is 48.5 Å². The Hall–Kier alpha value is -3.25. The molecule has 0 bridgehead atoms. The van der Waals surface area contributed by atoms with Crippen LogP contribution < -0.4 is 10.9 Å². The Balaban J connectivity index is 1.74. The van der Waals surface area contributed by atoms with Gasteiger partial charge in [0.1, 0.15) is 4.83 Å². The lowest BCUT2D eigenvalue weighted by molar-refractivity contribution is 0.103. The van der Waals surface area contributed by atoms with Gasteiger partial charge in [0.05, 0.1) is 16.6 Å². The van der Waals surface area contributed by atoms with Gasteiger partial charge in [-0.25, -0.2) is 4.98 Å². The lowest BCUT2D eigenvalue weighted by Crippen LogP contribution is -2.17. The summed E-state index contributed by atoms with van der Waals surface area (Å²) < 4.78 is 1.43. The number of thiophene rings is 1. The van der Waals surface area contributed by atoms with E-state index in [4.69, 9.17) is 0 Å². The average Bonchev–Trinajstić information content (AvgIpc) is 3.03. The van der Waals surface area contributed by atoms with E-state index < -0.39 is 0 Å². The van der Waals surface area contributed by atoms with Crippen molar-refractivity contribution in [3.63, 3.8) is 0 Å². The highest BCUT2D eigenvalue weighted by Gasteiger charge is 2.20. The maximum atomic E-state index is 12.9. The molecule has 2 heterocycles. The van der Waals surface area contributed by atoms with Crippen LogP contribution in [0.2, 0.25) is 0 Å². The molecule has 1 N–H and O–H groups in total. The predicted molar refractivity (Wildman–Crippen MR) is 109 cm³/mol. The average molecular weight is 375 g/mol. The summed E-state index contributed by atoms with van der Waals surface area (Å²) in [7, 11) is 1.65. The maximum absolute atomic E-state index is 12.9. The molecule has 6 heteroatoms. The van der Waals surface area contributed by atoms with Crippen molar-refractivity contribution in [2.24, 2.45) is 7.05 Å². The first-order valence-electron chi connectivity index (χ1n) is 8.47. The predicted octanol–water partition coefficient (Wildman–Crippen LogP) is 4.22. The third-order valence-electron chi connectivity index (χ3n) is 4.48. The zero-order valence-electron chi connectivity index (χ0n) is 14.9. The number of benzene rings is 2. The molecule has 0 atom stereocenters. The van der Waals surface area contributed by atoms with Crippen LogP contribution in [0.25, 0.3) is 21.3 Å². The van der Waals surface area contributed by atoms with E-state index in [9.17, 15) is 9.59 Å². The van der Waals surface area contributed by atoms with Crippen LogP contribution >= 0.6 is 11.3 Å². The molecule has 0 saturated heterocycles. The second-order valence-electron chi connectivity index (χ2n) is 6.26. The standard InChI is InChI=1S/C21H17N3O2S/c1-13-17-20(22-12-24(2)21(17)26)27-18(13)19(25)23-16-11-7-6-10-15(16)14-8-4-3-5-9-14/h3-12H,1-2H3,(H,23,25). The molecule has 0 unspecified atom stereocenters. The molecule has 0 saturated carbocycles. The zero-order valence-corrected chi connectivity index (χ0v) is 15.7. The number of carbonyl (C=O) groups is 1. The molecule has 4 rings (SSSR count). The largest absolute Gasteiger partial charge is 0.321 e. The smallest absolute Gasteiger partial charge is 0.266 e. The number of hydrogen-bond donors (Lipinski definition) is 1. The molecule has 2 aromatic heterocycles. The van der Waals surface area contributed by atoms with Gasteiger partial charge in [0, 0.05) is 18.3 Å². The van der Waals surface area contributed by atoms with Crippen molar-refractivity contribution in [2.75, 3.05) is 5.32 Å². The van der Waals surface area contributed by atoms with E-state index in [-0.39, 0.29) is 11.5 Å². The van der Waals surface area contributed by atoms with Crippen LogP contribution in [0.3, 0.4) is 0 Å². The molecule has 2 aromatic carbocycles. The summed E-state index contributed by atoms with van der Waals surface area (Å²) in [6, 6.07) is 17.6. The fraction of sp³-hybridized carbons (Fsp3) is 0.0952. The monoisotopic (exact) mass is 375 g/mol. The summed E-state index contributed by atoms with van der Waals surface area (Å²) in [5.41, 5.74) is 3.22. The molecule has 5 nitrogen and oxygen atoms in total. The van der Waals surface area contributed by atoms with E-state index in [0.29, 0.717) is 20.7 Å². The Morgan fingerprint density at radius 2 is 1.78 bits per heavy atom. The first-order valence-corrected chi connectivity index (χ1v) is 9.28. The first kappa shape index (κ1) is 17.2. The first-order chi connectivity index (χ1) is 13.1. The number of hydrogen-bond acceptors (Lipinski definition) is 4. The Morgan fingerprint density at radius 1 is 1.07 bits per heavy atom. The van der Waals surface area contributed by atoms with Crippen LogP contribution in [0, 0.1) is 6.92 Å². The van der Waals surface area contributed by atoms with Crippen molar-refractivity contribution < 1.29 is 4.79 Å². The number of carbonyl (C=O) groups excluding carboxylic acids is 1. The molecule has 0 aliphatic carbocycles. The van der Waals surface area contributed by atoms with E-state index in [0.717, 1.165) is 16.8 Å². The fourth-order valence-electron chi connectivity index (χ4n) is 3.07. The Bertz CT molecular complexity index is 1210. The SMILES string of the molecule is Cc1c(C(=O)Nc2ccccc2-c2ccccc2)sc2ncn(C)c(=O)c12. The molecular formula is C21H17N3O2S. The molecule has 27 heavy (non-hydrogen) atoms. The minimum Gasteiger partial charge on any atom is -0.321 e. The van der Waals surface area contributed by atoms with Gasteiger partial charge in [0.2, 0.25) is 0 Å². The van der Waals surface area contributed by atoms with Crippen LogP contribution in [-0.2, 0) is 7.05 Å². The Kier molecular flexibility index (Phi) is 4.33. The molecule has 0 fully saturated rings. The summed E-state index contributed by atoms with van der Waals surface area (Å²) in [4.78, 5) is 30.7. The fourth-order valence-corrected chi connectivity index (χ4v) is 4.10. The number of nitrogens with one attached hydrogen (secondary N) is 1. The number of anilines is 1. The van der Waals surface area contributed by atoms with Gasteiger partial charge in [-0.2, -0.15) is 0 Å². The number of amides is 1. The van der Waals surface area contributed by atoms with Gasteiger partial charge in [-0.15, -0.1) is 11.3 Å². The van der Waals surface area contributed by atoms with Crippen LogP contribution in [0.4, 0.5) is 5.69 Å². The van der Waals surface area contributed by atoms with Crippen molar-refractivity contribution in [1.29, 1.82) is 0 Å². The van der Waals surface area contributed by atoms with E-state index in [1.165, 1.54) is 22.2 Å². The highest BCUT2D eigenvalue weighted by atomic mass is 32.1. The van der Waals surface area contributed by atoms with Crippen LogP contribution in [0.5, 0.6) is 0 Å². The minimum absolute atomic E-state index is 0.141. The zero-order chi connectivity index (χ0) is 19.0. The molecule has 0 aliphatic rings. The molecule has 134 valence electrons. The lowest BCUT2D eigenvalue weighted by atomic mass is 10.0. The molecule has 4 aromatic rings. The molecular weight excluding hydrogens is 358 g/mol. The maximum Gasteiger partial charge on any atom is 0.266 e. The third kappa shape index (κ3) is 3.04. The summed E-state index contributed by atoms with van der Waals surface area (Å²) in [5.74, 6) is -0.235. The van der Waals surface area contributed by atoms with Crippen LogP contribution in [0.1, 0.15) is 15.2 Å². The van der Waals surface area contributed by atoms with E-state index >= 15 is 0 Å². The summed E-state index contributed by atoms with van der Waals surface area (Å²) >= 11 is 1.24. The third-order valence-corrected chi connectivity index (χ3v) is 5.68. The van der Waals surface area contributed by atoms with Gasteiger partial charge in [-0.3, -0.25) is 9.59 Å². The highest BCUT2D eigenvalue weighted by Crippen LogP contribution is 2.31. The summed E-state index contributed by atoms with van der Waals surface area (Å²) in [5, 5.41) is 3.50. The van der Waals surface area contributed by atoms with Crippen LogP contribution in [-0.4, -0.2) is 15.5 Å². The van der Waals surface area contributed by atoms with Gasteiger partial charge in [0.25, 0.3) is 11.5 Å². The Labute approximate surface area is 159 Å². The topological polar surface area (TPSA) is 64.0 Å². The Morgan fingerprint density at radius 3 is 2.56 bits per heavy atom. The molecule has 0 spiro atoms. The number of aromatic nitrogens is 2. The summed E-state index contributed by atoms with van der Waals surface area (Å²) in [6.45, 7) is 1.79. The van der Waals surface area contributed by atoms with Crippen LogP contribution in [0.15, 0.2) is 65.7 Å². The molecule has 0 aliphatic heterocycles. The normalized spacial score (nSPS) is 10.9. The molecule has 1 amide bonds. The number of fused-ring (bicyclic) bond motifs is 1. The van der Waals surface area contributed by atoms with Gasteiger partial charge >= 0.3 is 0 Å². The van der Waals surface area contributed by atoms with E-state index in [2.05, 4.69) is 10.3 Å². The lowest BCUT2D eigenvalue weighted by Gasteiger charge is -2.11. The number of para-hydroxylation sites is 1. The van der Waals surface area contributed by atoms with Gasteiger partial charge < -0.3 is 9.88 Å². The van der Waals surface area contributed by atoms with E-state index in [1.54, 1.807) is 14.0 Å². The highest BCUT2D eigenvalue weighted by molar-refractivity contribution is 7.20. The van der Waals surface area contributed by atoms with Crippen molar-refractivity contribution >= 4 is 33.1 Å². The van der Waals surface area contributed by atoms with Gasteiger partial charge in [-0.05, 0) is 24.1 Å². The number of rotatable bonds is 3. The summed E-state index contributed by atoms with van der Waals surface area (Å²) in [6.07, 6.45) is 1.48. The number of aryl methyl sites for hydroxylation is 2. The van der Waals surface area contributed by atoms with Gasteiger partial charge in [0.15, 0.2) is 0 Å². The number of nitrogens with zero attached hydrogens (tertiary/aromatic N) is 2. The van der Waals surface area contributed by atoms with E-state index in [1.807, 2.05) is 54.6 Å². The van der Waals surface area contributed by atoms with Crippen molar-refractivity contribution in [1.82, 2.24) is 9.55 Å².